The Labute approximate surface area is 164 Å². The van der Waals surface area contributed by atoms with E-state index in [-0.39, 0.29) is 36.1 Å². The summed E-state index contributed by atoms with van der Waals surface area (Å²) in [5, 5.41) is 4.83. The first kappa shape index (κ1) is 20.0. The molecule has 0 unspecified atom stereocenters. The second-order valence-corrected chi connectivity index (χ2v) is 8.02. The fraction of sp³-hybridized carbons (Fsp3) is 0.364. The van der Waals surface area contributed by atoms with Crippen LogP contribution in [-0.2, 0) is 9.59 Å². The van der Waals surface area contributed by atoms with Gasteiger partial charge in [-0.05, 0) is 38.1 Å². The Morgan fingerprint density at radius 3 is 2.43 bits per heavy atom. The number of hydrogen-bond donors (Lipinski definition) is 2. The number of nitrogens with two attached hydrogens (primary N) is 1. The number of para-hydroxylation sites is 2. The van der Waals surface area contributed by atoms with E-state index in [0.717, 1.165) is 5.56 Å². The third-order valence-corrected chi connectivity index (χ3v) is 5.28. The third-order valence-electron chi connectivity index (χ3n) is 5.28. The van der Waals surface area contributed by atoms with Gasteiger partial charge in [-0.1, -0.05) is 38.1 Å². The van der Waals surface area contributed by atoms with E-state index in [0.29, 0.717) is 11.4 Å². The number of nitrogens with zero attached hydrogens (tertiary/aromatic N) is 1. The fourth-order valence-corrected chi connectivity index (χ4v) is 3.70. The van der Waals surface area contributed by atoms with Crippen molar-refractivity contribution in [2.75, 3.05) is 16.8 Å². The predicted octanol–water partition coefficient (Wildman–Crippen LogP) is 2.85. The van der Waals surface area contributed by atoms with Crippen LogP contribution in [0.3, 0.4) is 0 Å². The second kappa shape index (κ2) is 7.72. The van der Waals surface area contributed by atoms with Crippen molar-refractivity contribution in [3.05, 3.63) is 59.9 Å². The van der Waals surface area contributed by atoms with Crippen LogP contribution in [0.2, 0.25) is 0 Å². The summed E-state index contributed by atoms with van der Waals surface area (Å²) in [6.45, 7) is 7.82. The van der Waals surface area contributed by atoms with Crippen LogP contribution in [0.4, 0.5) is 15.8 Å². The molecule has 1 heterocycles. The van der Waals surface area contributed by atoms with Crippen LogP contribution < -0.4 is 15.5 Å². The number of fused-ring (bicyclic) bond motifs is 1. The smallest absolute Gasteiger partial charge is 0.283 e. The molecule has 5 nitrogen and oxygen atoms in total. The first-order valence-corrected chi connectivity index (χ1v) is 9.54. The molecule has 0 saturated heterocycles. The summed E-state index contributed by atoms with van der Waals surface area (Å²) in [6.07, 6.45) is 0. The number of benzene rings is 2. The van der Waals surface area contributed by atoms with Crippen molar-refractivity contribution in [2.45, 2.75) is 39.3 Å². The minimum Gasteiger partial charge on any atom is -0.332 e. The summed E-state index contributed by atoms with van der Waals surface area (Å²) in [5.74, 6) is -0.373. The van der Waals surface area contributed by atoms with Gasteiger partial charge < -0.3 is 10.6 Å². The average molecular weight is 384 g/mol. The number of anilines is 2. The molecule has 3 rings (SSSR count). The van der Waals surface area contributed by atoms with E-state index in [1.54, 1.807) is 36.9 Å². The number of quaternary nitrogens is 1. The minimum atomic E-state index is -0.984. The van der Waals surface area contributed by atoms with E-state index in [4.69, 9.17) is 0 Å². The maximum Gasteiger partial charge on any atom is 0.283 e. The maximum absolute atomic E-state index is 13.3. The summed E-state index contributed by atoms with van der Waals surface area (Å²) in [4.78, 5) is 27.3. The zero-order chi connectivity index (χ0) is 20.5. The Morgan fingerprint density at radius 1 is 1.14 bits per heavy atom. The van der Waals surface area contributed by atoms with Crippen LogP contribution in [0, 0.1) is 11.7 Å². The lowest BCUT2D eigenvalue weighted by atomic mass is 9.95. The zero-order valence-electron chi connectivity index (χ0n) is 16.7. The van der Waals surface area contributed by atoms with Gasteiger partial charge in [0.25, 0.3) is 5.91 Å². The van der Waals surface area contributed by atoms with Crippen molar-refractivity contribution in [3.63, 3.8) is 0 Å². The molecule has 2 aromatic rings. The van der Waals surface area contributed by atoms with E-state index in [2.05, 4.69) is 19.2 Å². The Kier molecular flexibility index (Phi) is 5.52. The molecular formula is C22H27FN3O2+. The van der Waals surface area contributed by atoms with Gasteiger partial charge in [0.1, 0.15) is 17.4 Å². The molecule has 0 fully saturated rings. The average Bonchev–Trinajstić information content (AvgIpc) is 2.63. The number of hydrogen-bond acceptors (Lipinski definition) is 2. The largest absolute Gasteiger partial charge is 0.332 e. The first-order chi connectivity index (χ1) is 13.2. The lowest BCUT2D eigenvalue weighted by Crippen LogP contribution is -2.89. The van der Waals surface area contributed by atoms with Crippen molar-refractivity contribution < 1.29 is 19.3 Å². The van der Waals surface area contributed by atoms with Crippen LogP contribution in [-0.4, -0.2) is 23.9 Å². The van der Waals surface area contributed by atoms with Crippen molar-refractivity contribution in [1.29, 1.82) is 0 Å². The highest BCUT2D eigenvalue weighted by Gasteiger charge is 2.44. The van der Waals surface area contributed by atoms with E-state index < -0.39 is 5.54 Å². The van der Waals surface area contributed by atoms with Crippen LogP contribution in [0.15, 0.2) is 48.5 Å². The van der Waals surface area contributed by atoms with Crippen molar-refractivity contribution >= 4 is 23.2 Å². The molecule has 1 atom stereocenters. The molecule has 0 aromatic heterocycles. The topological polar surface area (TPSA) is 66.0 Å². The summed E-state index contributed by atoms with van der Waals surface area (Å²) < 4.78 is 13.3. The van der Waals surface area contributed by atoms with E-state index >= 15 is 0 Å². The summed E-state index contributed by atoms with van der Waals surface area (Å²) in [5.41, 5.74) is 1.33. The molecule has 1 aliphatic heterocycles. The molecular weight excluding hydrogens is 357 g/mol. The summed E-state index contributed by atoms with van der Waals surface area (Å²) in [6, 6.07) is 13.7. The molecule has 0 aliphatic carbocycles. The Morgan fingerprint density at radius 2 is 1.79 bits per heavy atom. The number of amides is 2. The lowest BCUT2D eigenvalue weighted by Gasteiger charge is -2.41. The van der Waals surface area contributed by atoms with Crippen LogP contribution in [0.25, 0.3) is 0 Å². The Bertz CT molecular complexity index is 878. The molecule has 0 saturated carbocycles. The van der Waals surface area contributed by atoms with Gasteiger partial charge in [-0.15, -0.1) is 0 Å². The normalized spacial score (nSPS) is 16.5. The Balaban J connectivity index is 1.83. The van der Waals surface area contributed by atoms with Crippen LogP contribution in [0.5, 0.6) is 0 Å². The van der Waals surface area contributed by atoms with Crippen molar-refractivity contribution in [3.8, 4) is 0 Å². The van der Waals surface area contributed by atoms with Gasteiger partial charge in [0.05, 0.1) is 11.4 Å². The monoisotopic (exact) mass is 384 g/mol. The summed E-state index contributed by atoms with van der Waals surface area (Å²) >= 11 is 0. The molecule has 1 aliphatic rings. The van der Waals surface area contributed by atoms with E-state index in [1.807, 2.05) is 23.5 Å². The molecule has 0 bridgehead atoms. The maximum atomic E-state index is 13.3. The molecule has 3 N–H and O–H groups in total. The number of rotatable bonds is 5. The molecule has 0 radical (unpaired) electrons. The zero-order valence-corrected chi connectivity index (χ0v) is 16.7. The van der Waals surface area contributed by atoms with Gasteiger partial charge in [-0.25, -0.2) is 4.39 Å². The van der Waals surface area contributed by atoms with Crippen LogP contribution in [0.1, 0.15) is 39.3 Å². The minimum absolute atomic E-state index is 0.0153. The number of nitrogens with one attached hydrogen (secondary N) is 1. The quantitative estimate of drug-likeness (QED) is 0.833. The Hall–Kier alpha value is -2.73. The highest BCUT2D eigenvalue weighted by atomic mass is 19.1. The van der Waals surface area contributed by atoms with E-state index in [1.165, 1.54) is 12.1 Å². The third kappa shape index (κ3) is 3.78. The van der Waals surface area contributed by atoms with Gasteiger partial charge >= 0.3 is 0 Å². The standard InChI is InChI=1S/C22H26FN3O2/c1-14(2)20(15-9-11-16(23)12-10-15)24-13-19(27)26-18-8-6-5-7-17(18)25-21(28)22(26,3)4/h5-12,14,20,24H,13H2,1-4H3,(H,25,28)/p+1/t20-/m0/s1. The molecule has 2 aromatic carbocycles. The number of carbonyl (C=O) groups is 2. The molecule has 0 spiro atoms. The van der Waals surface area contributed by atoms with E-state index in [9.17, 15) is 14.0 Å². The summed E-state index contributed by atoms with van der Waals surface area (Å²) in [7, 11) is 0. The van der Waals surface area contributed by atoms with Gasteiger partial charge in [0.2, 0.25) is 5.91 Å². The van der Waals surface area contributed by atoms with Crippen LogP contribution >= 0.6 is 0 Å². The highest BCUT2D eigenvalue weighted by Crippen LogP contribution is 2.36. The number of carbonyl (C=O) groups excluding carboxylic acids is 2. The second-order valence-electron chi connectivity index (χ2n) is 8.02. The fourth-order valence-electron chi connectivity index (χ4n) is 3.70. The first-order valence-electron chi connectivity index (χ1n) is 9.54. The van der Waals surface area contributed by atoms with Gasteiger partial charge in [0.15, 0.2) is 6.54 Å². The highest BCUT2D eigenvalue weighted by molar-refractivity contribution is 6.14. The molecule has 2 amide bonds. The van der Waals surface area contributed by atoms with Crippen molar-refractivity contribution in [2.24, 2.45) is 5.92 Å². The predicted molar refractivity (Wildman–Crippen MR) is 107 cm³/mol. The van der Waals surface area contributed by atoms with Gasteiger partial charge in [-0.3, -0.25) is 14.5 Å². The van der Waals surface area contributed by atoms with Crippen molar-refractivity contribution in [1.82, 2.24) is 0 Å². The molecule has 148 valence electrons. The van der Waals surface area contributed by atoms with Gasteiger partial charge in [0, 0.05) is 11.5 Å². The SMILES string of the molecule is CC(C)[C@H]([NH2+]CC(=O)N1c2ccccc2NC(=O)C1(C)C)c1ccc(F)cc1. The van der Waals surface area contributed by atoms with Gasteiger partial charge in [-0.2, -0.15) is 0 Å². The number of halogens is 1. The lowest BCUT2D eigenvalue weighted by molar-refractivity contribution is -0.692. The molecule has 6 heteroatoms. The molecule has 28 heavy (non-hydrogen) atoms.